The summed E-state index contributed by atoms with van der Waals surface area (Å²) in [6.07, 6.45) is 7.79. The smallest absolute Gasteiger partial charge is 0.118 e. The lowest BCUT2D eigenvalue weighted by atomic mass is 9.91. The van der Waals surface area contributed by atoms with Crippen molar-refractivity contribution in [1.82, 2.24) is 0 Å². The van der Waals surface area contributed by atoms with E-state index in [-0.39, 0.29) is 0 Å². The minimum absolute atomic E-state index is 0.596. The second-order valence-electron chi connectivity index (χ2n) is 5.69. The Morgan fingerprint density at radius 3 is 2.26 bits per heavy atom. The van der Waals surface area contributed by atoms with Gasteiger partial charge in [-0.3, -0.25) is 0 Å². The molecule has 0 amide bonds. The Labute approximate surface area is 117 Å². The van der Waals surface area contributed by atoms with Gasteiger partial charge in [0.1, 0.15) is 5.75 Å². The summed E-state index contributed by atoms with van der Waals surface area (Å²) < 4.78 is 5.14. The number of benzene rings is 1. The molecule has 1 rings (SSSR count). The van der Waals surface area contributed by atoms with Crippen molar-refractivity contribution in [3.8, 4) is 5.75 Å². The molecule has 1 aromatic rings. The van der Waals surface area contributed by atoms with Gasteiger partial charge in [-0.15, -0.1) is 0 Å². The first kappa shape index (κ1) is 16.0. The normalized spacial score (nSPS) is 14.1. The summed E-state index contributed by atoms with van der Waals surface area (Å²) in [5, 5.41) is 10.4. The third-order valence-corrected chi connectivity index (χ3v) is 3.56. The highest BCUT2D eigenvalue weighted by atomic mass is 16.5. The van der Waals surface area contributed by atoms with Crippen LogP contribution < -0.4 is 4.74 Å². The van der Waals surface area contributed by atoms with Crippen LogP contribution in [0.3, 0.4) is 0 Å². The number of rotatable bonds is 9. The van der Waals surface area contributed by atoms with E-state index in [9.17, 15) is 5.11 Å². The molecule has 0 heterocycles. The van der Waals surface area contributed by atoms with Gasteiger partial charge in [0.05, 0.1) is 12.7 Å². The number of hydrogen-bond acceptors (Lipinski definition) is 2. The van der Waals surface area contributed by atoms with Gasteiger partial charge < -0.3 is 9.84 Å². The average molecular weight is 264 g/mol. The van der Waals surface area contributed by atoms with E-state index in [1.807, 2.05) is 31.2 Å². The summed E-state index contributed by atoms with van der Waals surface area (Å²) in [7, 11) is 1.67. The van der Waals surface area contributed by atoms with Gasteiger partial charge in [0, 0.05) is 6.42 Å². The minimum Gasteiger partial charge on any atom is -0.497 e. The summed E-state index contributed by atoms with van der Waals surface area (Å²) in [6, 6.07) is 7.97. The molecule has 0 saturated carbocycles. The van der Waals surface area contributed by atoms with Gasteiger partial charge in [-0.2, -0.15) is 0 Å². The van der Waals surface area contributed by atoms with Crippen molar-refractivity contribution in [2.45, 2.75) is 64.4 Å². The highest BCUT2D eigenvalue weighted by Gasteiger charge is 2.20. The van der Waals surface area contributed by atoms with Crippen molar-refractivity contribution in [3.63, 3.8) is 0 Å². The Kier molecular flexibility index (Phi) is 6.93. The lowest BCUT2D eigenvalue weighted by molar-refractivity contribution is 0.0484. The second-order valence-corrected chi connectivity index (χ2v) is 5.69. The molecule has 0 aromatic heterocycles. The van der Waals surface area contributed by atoms with Gasteiger partial charge in [-0.05, 0) is 31.0 Å². The SMILES string of the molecule is CCCCCCCC(C)(O)Cc1ccc(OC)cc1. The van der Waals surface area contributed by atoms with Crippen LogP contribution in [-0.2, 0) is 6.42 Å². The van der Waals surface area contributed by atoms with Crippen molar-refractivity contribution < 1.29 is 9.84 Å². The fourth-order valence-corrected chi connectivity index (χ4v) is 2.38. The van der Waals surface area contributed by atoms with E-state index in [1.54, 1.807) is 7.11 Å². The molecule has 19 heavy (non-hydrogen) atoms. The molecular weight excluding hydrogens is 236 g/mol. The molecule has 0 bridgehead atoms. The number of ether oxygens (including phenoxy) is 1. The van der Waals surface area contributed by atoms with E-state index >= 15 is 0 Å². The molecule has 2 nitrogen and oxygen atoms in total. The number of hydrogen-bond donors (Lipinski definition) is 1. The maximum absolute atomic E-state index is 10.4. The monoisotopic (exact) mass is 264 g/mol. The van der Waals surface area contributed by atoms with Crippen LogP contribution in [0.2, 0.25) is 0 Å². The van der Waals surface area contributed by atoms with Gasteiger partial charge >= 0.3 is 0 Å². The summed E-state index contributed by atoms with van der Waals surface area (Å²) in [5.74, 6) is 0.864. The van der Waals surface area contributed by atoms with Crippen molar-refractivity contribution in [2.24, 2.45) is 0 Å². The highest BCUT2D eigenvalue weighted by Crippen LogP contribution is 2.22. The molecule has 0 saturated heterocycles. The molecule has 0 fully saturated rings. The highest BCUT2D eigenvalue weighted by molar-refractivity contribution is 5.27. The third-order valence-electron chi connectivity index (χ3n) is 3.56. The molecule has 0 aliphatic carbocycles. The first-order valence-corrected chi connectivity index (χ1v) is 7.43. The van der Waals surface area contributed by atoms with Crippen LogP contribution in [0.5, 0.6) is 5.75 Å². The molecule has 108 valence electrons. The Hall–Kier alpha value is -1.02. The van der Waals surface area contributed by atoms with Gasteiger partial charge in [-0.1, -0.05) is 51.2 Å². The summed E-state index contributed by atoms with van der Waals surface area (Å²) in [6.45, 7) is 4.16. The molecule has 0 spiro atoms. The predicted molar refractivity (Wildman–Crippen MR) is 80.7 cm³/mol. The topological polar surface area (TPSA) is 29.5 Å². The van der Waals surface area contributed by atoms with E-state index < -0.39 is 5.60 Å². The van der Waals surface area contributed by atoms with Gasteiger partial charge in [0.2, 0.25) is 0 Å². The van der Waals surface area contributed by atoms with Crippen LogP contribution in [0, 0.1) is 0 Å². The van der Waals surface area contributed by atoms with Crippen LogP contribution in [0.4, 0.5) is 0 Å². The van der Waals surface area contributed by atoms with E-state index in [4.69, 9.17) is 4.74 Å². The lowest BCUT2D eigenvalue weighted by Crippen LogP contribution is -2.26. The summed E-state index contributed by atoms with van der Waals surface area (Å²) >= 11 is 0. The summed E-state index contributed by atoms with van der Waals surface area (Å²) in [4.78, 5) is 0. The number of aliphatic hydroxyl groups is 1. The van der Waals surface area contributed by atoms with Crippen LogP contribution in [0.25, 0.3) is 0 Å². The minimum atomic E-state index is -0.596. The average Bonchev–Trinajstić information content (AvgIpc) is 2.39. The lowest BCUT2D eigenvalue weighted by Gasteiger charge is -2.23. The van der Waals surface area contributed by atoms with E-state index in [2.05, 4.69) is 6.92 Å². The zero-order chi connectivity index (χ0) is 14.1. The van der Waals surface area contributed by atoms with Crippen LogP contribution in [-0.4, -0.2) is 17.8 Å². The Balaban J connectivity index is 2.35. The third kappa shape index (κ3) is 6.63. The molecule has 0 aliphatic heterocycles. The number of unbranched alkanes of at least 4 members (excludes halogenated alkanes) is 4. The molecule has 1 unspecified atom stereocenters. The van der Waals surface area contributed by atoms with Crippen LogP contribution in [0.1, 0.15) is 57.9 Å². The van der Waals surface area contributed by atoms with Crippen molar-refractivity contribution in [3.05, 3.63) is 29.8 Å². The maximum Gasteiger partial charge on any atom is 0.118 e. The van der Waals surface area contributed by atoms with E-state index in [0.717, 1.165) is 18.6 Å². The second kappa shape index (κ2) is 8.21. The van der Waals surface area contributed by atoms with Crippen molar-refractivity contribution in [2.75, 3.05) is 7.11 Å². The van der Waals surface area contributed by atoms with Crippen molar-refractivity contribution in [1.29, 1.82) is 0 Å². The Morgan fingerprint density at radius 1 is 1.05 bits per heavy atom. The molecule has 0 radical (unpaired) electrons. The predicted octanol–water partition coefficient (Wildman–Crippen LogP) is 4.35. The van der Waals surface area contributed by atoms with Gasteiger partial charge in [0.15, 0.2) is 0 Å². The molecule has 1 atom stereocenters. The van der Waals surface area contributed by atoms with E-state index in [0.29, 0.717) is 6.42 Å². The van der Waals surface area contributed by atoms with Crippen LogP contribution in [0.15, 0.2) is 24.3 Å². The van der Waals surface area contributed by atoms with Crippen LogP contribution >= 0.6 is 0 Å². The maximum atomic E-state index is 10.4. The number of methoxy groups -OCH3 is 1. The summed E-state index contributed by atoms with van der Waals surface area (Å²) in [5.41, 5.74) is 0.570. The molecule has 1 aromatic carbocycles. The van der Waals surface area contributed by atoms with Gasteiger partial charge in [-0.25, -0.2) is 0 Å². The zero-order valence-electron chi connectivity index (χ0n) is 12.6. The van der Waals surface area contributed by atoms with Crippen molar-refractivity contribution >= 4 is 0 Å². The quantitative estimate of drug-likeness (QED) is 0.672. The first-order valence-electron chi connectivity index (χ1n) is 7.43. The standard InChI is InChI=1S/C17H28O2/c1-4-5-6-7-8-13-17(2,18)14-15-9-11-16(19-3)12-10-15/h9-12,18H,4-8,13-14H2,1-3H3. The Morgan fingerprint density at radius 2 is 1.68 bits per heavy atom. The molecule has 0 aliphatic rings. The fourth-order valence-electron chi connectivity index (χ4n) is 2.38. The zero-order valence-corrected chi connectivity index (χ0v) is 12.6. The first-order chi connectivity index (χ1) is 9.07. The molecule has 1 N–H and O–H groups in total. The Bertz CT molecular complexity index is 341. The fraction of sp³-hybridized carbons (Fsp3) is 0.647. The van der Waals surface area contributed by atoms with E-state index in [1.165, 1.54) is 31.2 Å². The van der Waals surface area contributed by atoms with Gasteiger partial charge in [0.25, 0.3) is 0 Å². The largest absolute Gasteiger partial charge is 0.497 e. The molecule has 2 heteroatoms. The molecular formula is C17H28O2.